The van der Waals surface area contributed by atoms with Gasteiger partial charge in [-0.2, -0.15) is 0 Å². The van der Waals surface area contributed by atoms with E-state index >= 15 is 0 Å². The van der Waals surface area contributed by atoms with Crippen LogP contribution in [0.15, 0.2) is 30.5 Å². The van der Waals surface area contributed by atoms with Crippen LogP contribution >= 0.6 is 11.5 Å². The van der Waals surface area contributed by atoms with E-state index in [9.17, 15) is 5.11 Å². The normalized spacial score (nSPS) is 12.7. The predicted molar refractivity (Wildman–Crippen MR) is 59.8 cm³/mol. The Morgan fingerprint density at radius 2 is 2.33 bits per heavy atom. The van der Waals surface area contributed by atoms with E-state index in [2.05, 4.69) is 22.6 Å². The van der Waals surface area contributed by atoms with Crippen LogP contribution in [0.4, 0.5) is 0 Å². The average molecular weight is 220 g/mol. The number of aliphatic hydroxyl groups excluding tert-OH is 1. The van der Waals surface area contributed by atoms with E-state index in [1.807, 2.05) is 18.2 Å². The van der Waals surface area contributed by atoms with E-state index in [1.54, 1.807) is 6.20 Å². The highest BCUT2D eigenvalue weighted by atomic mass is 32.1. The Kier molecular flexibility index (Phi) is 3.08. The zero-order valence-electron chi connectivity index (χ0n) is 8.42. The quantitative estimate of drug-likeness (QED) is 0.862. The maximum atomic E-state index is 10.0. The molecule has 2 rings (SSSR count). The number of hydrogen-bond donors (Lipinski definition) is 1. The molecule has 1 heterocycles. The number of benzene rings is 1. The van der Waals surface area contributed by atoms with Gasteiger partial charge < -0.3 is 5.11 Å². The van der Waals surface area contributed by atoms with Gasteiger partial charge in [0, 0.05) is 0 Å². The van der Waals surface area contributed by atoms with Crippen molar-refractivity contribution in [2.75, 3.05) is 0 Å². The maximum Gasteiger partial charge on any atom is 0.116 e. The molecule has 1 aromatic heterocycles. The van der Waals surface area contributed by atoms with Crippen LogP contribution in [-0.4, -0.2) is 14.7 Å². The highest BCUT2D eigenvalue weighted by molar-refractivity contribution is 7.05. The molecule has 1 aromatic carbocycles. The molecule has 0 fully saturated rings. The number of aryl methyl sites for hydroxylation is 1. The molecule has 0 amide bonds. The molecule has 3 nitrogen and oxygen atoms in total. The Morgan fingerprint density at radius 1 is 1.47 bits per heavy atom. The van der Waals surface area contributed by atoms with Gasteiger partial charge in [-0.1, -0.05) is 35.7 Å². The molecule has 0 saturated heterocycles. The van der Waals surface area contributed by atoms with Crippen molar-refractivity contribution in [1.82, 2.24) is 9.59 Å². The predicted octanol–water partition coefficient (Wildman–Crippen LogP) is 2.18. The van der Waals surface area contributed by atoms with E-state index in [1.165, 1.54) is 17.1 Å². The summed E-state index contributed by atoms with van der Waals surface area (Å²) in [5.74, 6) is 0. The summed E-state index contributed by atoms with van der Waals surface area (Å²) in [4.78, 5) is 0.781. The minimum Gasteiger partial charge on any atom is -0.383 e. The van der Waals surface area contributed by atoms with E-state index < -0.39 is 6.10 Å². The number of hydrogen-bond acceptors (Lipinski definition) is 4. The second-order valence-electron chi connectivity index (χ2n) is 3.32. The lowest BCUT2D eigenvalue weighted by molar-refractivity contribution is 0.224. The molecule has 0 spiro atoms. The van der Waals surface area contributed by atoms with Crippen molar-refractivity contribution in [3.05, 3.63) is 46.5 Å². The van der Waals surface area contributed by atoms with Gasteiger partial charge in [-0.25, -0.2) is 0 Å². The second kappa shape index (κ2) is 4.51. The molecule has 1 atom stereocenters. The van der Waals surface area contributed by atoms with Gasteiger partial charge in [-0.15, -0.1) is 5.10 Å². The summed E-state index contributed by atoms with van der Waals surface area (Å²) in [5.41, 5.74) is 2.13. The summed E-state index contributed by atoms with van der Waals surface area (Å²) in [6.45, 7) is 2.10. The third kappa shape index (κ3) is 2.22. The minimum atomic E-state index is -0.600. The van der Waals surface area contributed by atoms with Crippen LogP contribution < -0.4 is 0 Å². The highest BCUT2D eigenvalue weighted by Gasteiger charge is 2.12. The molecular formula is C11H12N2OS. The summed E-state index contributed by atoms with van der Waals surface area (Å²) < 4.78 is 3.74. The molecule has 0 aliphatic rings. The van der Waals surface area contributed by atoms with Crippen LogP contribution in [-0.2, 0) is 6.42 Å². The van der Waals surface area contributed by atoms with Crippen molar-refractivity contribution in [2.45, 2.75) is 19.4 Å². The zero-order chi connectivity index (χ0) is 10.7. The molecule has 2 aromatic rings. The molecule has 0 bridgehead atoms. The smallest absolute Gasteiger partial charge is 0.116 e. The van der Waals surface area contributed by atoms with Gasteiger partial charge in [0.05, 0.1) is 11.1 Å². The van der Waals surface area contributed by atoms with Gasteiger partial charge in [-0.05, 0) is 29.1 Å². The Balaban J connectivity index is 2.29. The molecule has 0 aliphatic heterocycles. The Hall–Kier alpha value is -1.26. The third-order valence-corrected chi connectivity index (χ3v) is 3.04. The molecule has 1 unspecified atom stereocenters. The van der Waals surface area contributed by atoms with Crippen molar-refractivity contribution in [2.24, 2.45) is 0 Å². The first-order valence-electron chi connectivity index (χ1n) is 4.85. The SMILES string of the molecule is CCc1cccc(C(O)c2cnns2)c1. The first-order chi connectivity index (χ1) is 7.31. The molecular weight excluding hydrogens is 208 g/mol. The molecule has 0 saturated carbocycles. The van der Waals surface area contributed by atoms with Crippen molar-refractivity contribution in [1.29, 1.82) is 0 Å². The van der Waals surface area contributed by atoms with Crippen molar-refractivity contribution < 1.29 is 5.11 Å². The Labute approximate surface area is 92.6 Å². The summed E-state index contributed by atoms with van der Waals surface area (Å²) >= 11 is 1.23. The second-order valence-corrected chi connectivity index (χ2v) is 4.14. The van der Waals surface area contributed by atoms with E-state index in [4.69, 9.17) is 0 Å². The standard InChI is InChI=1S/C11H12N2OS/c1-2-8-4-3-5-9(6-8)11(14)10-7-12-13-15-10/h3-7,11,14H,2H2,1H3. The third-order valence-electron chi connectivity index (χ3n) is 2.32. The van der Waals surface area contributed by atoms with Gasteiger partial charge in [0.2, 0.25) is 0 Å². The van der Waals surface area contributed by atoms with E-state index in [0.717, 1.165) is 16.9 Å². The molecule has 4 heteroatoms. The van der Waals surface area contributed by atoms with E-state index in [0.29, 0.717) is 0 Å². The zero-order valence-corrected chi connectivity index (χ0v) is 9.24. The topological polar surface area (TPSA) is 46.0 Å². The number of nitrogens with zero attached hydrogens (tertiary/aromatic N) is 2. The monoisotopic (exact) mass is 220 g/mol. The van der Waals surface area contributed by atoms with Gasteiger partial charge in [0.25, 0.3) is 0 Å². The molecule has 0 radical (unpaired) electrons. The van der Waals surface area contributed by atoms with Gasteiger partial charge in [-0.3, -0.25) is 0 Å². The van der Waals surface area contributed by atoms with Crippen molar-refractivity contribution in [3.8, 4) is 0 Å². The summed E-state index contributed by atoms with van der Waals surface area (Å²) in [5, 5.41) is 13.8. The molecule has 78 valence electrons. The fraction of sp³-hybridized carbons (Fsp3) is 0.273. The fourth-order valence-electron chi connectivity index (χ4n) is 1.44. The lowest BCUT2D eigenvalue weighted by Gasteiger charge is -2.08. The van der Waals surface area contributed by atoms with Gasteiger partial charge in [0.15, 0.2) is 0 Å². The minimum absolute atomic E-state index is 0.600. The lowest BCUT2D eigenvalue weighted by atomic mass is 10.0. The van der Waals surface area contributed by atoms with Crippen molar-refractivity contribution >= 4 is 11.5 Å². The highest BCUT2D eigenvalue weighted by Crippen LogP contribution is 2.24. The first kappa shape index (κ1) is 10.3. The fourth-order valence-corrected chi connectivity index (χ4v) is 1.96. The Bertz CT molecular complexity index is 428. The average Bonchev–Trinajstić information content (AvgIpc) is 2.81. The van der Waals surface area contributed by atoms with Crippen LogP contribution in [0.25, 0.3) is 0 Å². The van der Waals surface area contributed by atoms with Crippen LogP contribution in [0.5, 0.6) is 0 Å². The van der Waals surface area contributed by atoms with Crippen molar-refractivity contribution in [3.63, 3.8) is 0 Å². The summed E-state index contributed by atoms with van der Waals surface area (Å²) in [6, 6.07) is 7.96. The number of rotatable bonds is 3. The van der Waals surface area contributed by atoms with E-state index in [-0.39, 0.29) is 0 Å². The summed E-state index contributed by atoms with van der Waals surface area (Å²) in [7, 11) is 0. The first-order valence-corrected chi connectivity index (χ1v) is 5.62. The van der Waals surface area contributed by atoms with Crippen LogP contribution in [0.1, 0.15) is 29.0 Å². The van der Waals surface area contributed by atoms with Gasteiger partial charge in [0.1, 0.15) is 6.10 Å². The molecule has 1 N–H and O–H groups in total. The molecule has 0 aliphatic carbocycles. The van der Waals surface area contributed by atoms with Crippen LogP contribution in [0.2, 0.25) is 0 Å². The van der Waals surface area contributed by atoms with Gasteiger partial charge >= 0.3 is 0 Å². The molecule has 15 heavy (non-hydrogen) atoms. The lowest BCUT2D eigenvalue weighted by Crippen LogP contribution is -1.97. The summed E-state index contributed by atoms with van der Waals surface area (Å²) in [6.07, 6.45) is 1.98. The number of aliphatic hydroxyl groups is 1. The largest absolute Gasteiger partial charge is 0.383 e. The number of aromatic nitrogens is 2. The van der Waals surface area contributed by atoms with Crippen LogP contribution in [0, 0.1) is 0 Å². The Morgan fingerprint density at radius 3 is 3.00 bits per heavy atom. The maximum absolute atomic E-state index is 10.0. The van der Waals surface area contributed by atoms with Crippen LogP contribution in [0.3, 0.4) is 0 Å².